The van der Waals surface area contributed by atoms with Crippen LogP contribution in [0.2, 0.25) is 0 Å². The Balaban J connectivity index is 2.01. The molecular weight excluding hydrogens is 248 g/mol. The number of nitrogens with zero attached hydrogens (tertiary/aromatic N) is 2. The molecule has 4 rings (SSSR count). The van der Waals surface area contributed by atoms with Crippen LogP contribution in [-0.2, 0) is 0 Å². The Labute approximate surface area is 118 Å². The molecule has 1 fully saturated rings. The summed E-state index contributed by atoms with van der Waals surface area (Å²) in [4.78, 5) is 7.73. The number of rotatable bonds is 1. The Bertz CT molecular complexity index is 767. The predicted molar refractivity (Wildman–Crippen MR) is 82.0 cm³/mol. The zero-order valence-corrected chi connectivity index (χ0v) is 12.0. The summed E-state index contributed by atoms with van der Waals surface area (Å²) in [6.07, 6.45) is 5.20. The van der Waals surface area contributed by atoms with Crippen LogP contribution in [0.15, 0.2) is 24.5 Å². The first-order valence-electron chi connectivity index (χ1n) is 7.40. The van der Waals surface area contributed by atoms with Crippen molar-refractivity contribution >= 4 is 21.9 Å². The number of aryl methyl sites for hydroxylation is 1. The van der Waals surface area contributed by atoms with Gasteiger partial charge >= 0.3 is 0 Å². The molecule has 0 unspecified atom stereocenters. The van der Waals surface area contributed by atoms with E-state index < -0.39 is 0 Å². The number of nitrogens with one attached hydrogen (secondary N) is 2. The zero-order valence-electron chi connectivity index (χ0n) is 12.0. The average Bonchev–Trinajstić information content (AvgIpc) is 3.02. The molecule has 0 aliphatic carbocycles. The van der Waals surface area contributed by atoms with Crippen molar-refractivity contribution in [2.75, 3.05) is 13.1 Å². The molecule has 1 aliphatic heterocycles. The fraction of sp³-hybridized carbons (Fsp3) is 0.438. The van der Waals surface area contributed by atoms with Crippen LogP contribution in [0.1, 0.15) is 25.1 Å². The monoisotopic (exact) mass is 268 g/mol. The van der Waals surface area contributed by atoms with Gasteiger partial charge in [0.15, 0.2) is 0 Å². The van der Waals surface area contributed by atoms with Crippen LogP contribution in [0.25, 0.3) is 21.9 Å². The minimum Gasteiger partial charge on any atom is -0.346 e. The lowest BCUT2D eigenvalue weighted by Gasteiger charge is -2.32. The van der Waals surface area contributed by atoms with Crippen LogP contribution >= 0.6 is 0 Å². The normalized spacial score (nSPS) is 23.7. The molecule has 0 amide bonds. The van der Waals surface area contributed by atoms with Gasteiger partial charge in [0.05, 0.1) is 5.52 Å². The number of aromatic amines is 1. The van der Waals surface area contributed by atoms with Crippen LogP contribution < -0.4 is 5.32 Å². The molecule has 3 aromatic rings. The number of piperidine rings is 1. The van der Waals surface area contributed by atoms with Gasteiger partial charge in [-0.1, -0.05) is 6.92 Å². The first-order chi connectivity index (χ1) is 9.75. The van der Waals surface area contributed by atoms with Crippen LogP contribution in [-0.4, -0.2) is 27.6 Å². The molecule has 20 heavy (non-hydrogen) atoms. The van der Waals surface area contributed by atoms with Crippen LogP contribution in [0.3, 0.4) is 0 Å². The number of fused-ring (bicyclic) bond motifs is 3. The van der Waals surface area contributed by atoms with Crippen molar-refractivity contribution in [3.05, 3.63) is 30.2 Å². The van der Waals surface area contributed by atoms with E-state index in [2.05, 4.69) is 45.8 Å². The molecule has 1 saturated heterocycles. The highest BCUT2D eigenvalue weighted by Crippen LogP contribution is 2.33. The molecular formula is C16H20N4. The standard InChI is InChI=1S/C16H20N4/c1-10-3-5-17-9-14(10)20-11(2)7-12-8-19-16-13(15(12)20)4-6-18-16/h4,6-8,10,14,17H,3,5,9H2,1-2H3,(H,18,19)/t10-,14+/m1/s1. The second-order valence-corrected chi connectivity index (χ2v) is 6.00. The predicted octanol–water partition coefficient (Wildman–Crippen LogP) is 3.00. The van der Waals surface area contributed by atoms with E-state index in [0.717, 1.165) is 18.7 Å². The fourth-order valence-electron chi connectivity index (χ4n) is 3.60. The largest absolute Gasteiger partial charge is 0.346 e. The highest BCUT2D eigenvalue weighted by Gasteiger charge is 2.25. The molecule has 4 heteroatoms. The number of pyridine rings is 1. The second kappa shape index (κ2) is 4.35. The summed E-state index contributed by atoms with van der Waals surface area (Å²) in [5, 5.41) is 6.02. The van der Waals surface area contributed by atoms with Gasteiger partial charge in [0.2, 0.25) is 0 Å². The summed E-state index contributed by atoms with van der Waals surface area (Å²) < 4.78 is 2.52. The molecule has 0 saturated carbocycles. The van der Waals surface area contributed by atoms with Gasteiger partial charge in [-0.05, 0) is 37.9 Å². The third-order valence-electron chi connectivity index (χ3n) is 4.69. The zero-order chi connectivity index (χ0) is 13.7. The smallest absolute Gasteiger partial charge is 0.139 e. The van der Waals surface area contributed by atoms with Crippen molar-refractivity contribution < 1.29 is 0 Å². The quantitative estimate of drug-likeness (QED) is 0.712. The van der Waals surface area contributed by atoms with Gasteiger partial charge < -0.3 is 14.9 Å². The number of aromatic nitrogens is 3. The third kappa shape index (κ3) is 1.61. The second-order valence-electron chi connectivity index (χ2n) is 6.00. The Hall–Kier alpha value is -1.81. The lowest BCUT2D eigenvalue weighted by molar-refractivity contribution is 0.277. The van der Waals surface area contributed by atoms with Crippen molar-refractivity contribution in [2.24, 2.45) is 5.92 Å². The maximum absolute atomic E-state index is 4.50. The maximum atomic E-state index is 4.50. The molecule has 2 atom stereocenters. The Morgan fingerprint density at radius 1 is 1.40 bits per heavy atom. The Morgan fingerprint density at radius 2 is 2.30 bits per heavy atom. The molecule has 2 N–H and O–H groups in total. The number of H-pyrrole nitrogens is 1. The van der Waals surface area contributed by atoms with Gasteiger partial charge in [-0.2, -0.15) is 0 Å². The van der Waals surface area contributed by atoms with E-state index in [4.69, 9.17) is 0 Å². The van der Waals surface area contributed by atoms with Gasteiger partial charge in [-0.25, -0.2) is 4.98 Å². The highest BCUT2D eigenvalue weighted by molar-refractivity contribution is 6.03. The lowest BCUT2D eigenvalue weighted by atomic mass is 9.94. The van der Waals surface area contributed by atoms with Gasteiger partial charge in [0.25, 0.3) is 0 Å². The summed E-state index contributed by atoms with van der Waals surface area (Å²) in [5.41, 5.74) is 3.64. The molecule has 4 nitrogen and oxygen atoms in total. The summed E-state index contributed by atoms with van der Waals surface area (Å²) in [5.74, 6) is 0.702. The van der Waals surface area contributed by atoms with E-state index in [0.29, 0.717) is 12.0 Å². The van der Waals surface area contributed by atoms with Crippen LogP contribution in [0.4, 0.5) is 0 Å². The van der Waals surface area contributed by atoms with Crippen molar-refractivity contribution in [3.8, 4) is 0 Å². The molecule has 1 aliphatic rings. The topological polar surface area (TPSA) is 45.6 Å². The van der Waals surface area contributed by atoms with E-state index in [1.165, 1.54) is 28.4 Å². The summed E-state index contributed by atoms with van der Waals surface area (Å²) >= 11 is 0. The fourth-order valence-corrected chi connectivity index (χ4v) is 3.60. The van der Waals surface area contributed by atoms with Crippen molar-refractivity contribution in [1.82, 2.24) is 19.9 Å². The van der Waals surface area contributed by atoms with E-state index >= 15 is 0 Å². The van der Waals surface area contributed by atoms with E-state index in [1.807, 2.05) is 12.4 Å². The van der Waals surface area contributed by atoms with Gasteiger partial charge in [-0.3, -0.25) is 0 Å². The van der Waals surface area contributed by atoms with E-state index in [9.17, 15) is 0 Å². The number of hydrogen-bond donors (Lipinski definition) is 2. The van der Waals surface area contributed by atoms with Gasteiger partial charge in [0, 0.05) is 41.4 Å². The molecule has 0 aromatic carbocycles. The minimum atomic E-state index is 0.529. The van der Waals surface area contributed by atoms with Crippen LogP contribution in [0.5, 0.6) is 0 Å². The first-order valence-corrected chi connectivity index (χ1v) is 7.40. The van der Waals surface area contributed by atoms with Crippen molar-refractivity contribution in [3.63, 3.8) is 0 Å². The lowest BCUT2D eigenvalue weighted by Crippen LogP contribution is -2.37. The van der Waals surface area contributed by atoms with Gasteiger partial charge in [-0.15, -0.1) is 0 Å². The Kier molecular flexibility index (Phi) is 2.60. The van der Waals surface area contributed by atoms with Crippen molar-refractivity contribution in [1.29, 1.82) is 0 Å². The highest BCUT2D eigenvalue weighted by atomic mass is 15.1. The minimum absolute atomic E-state index is 0.529. The molecule has 0 spiro atoms. The molecule has 104 valence electrons. The summed E-state index contributed by atoms with van der Waals surface area (Å²) in [6, 6.07) is 4.93. The van der Waals surface area contributed by atoms with E-state index in [-0.39, 0.29) is 0 Å². The van der Waals surface area contributed by atoms with Gasteiger partial charge in [0.1, 0.15) is 5.65 Å². The van der Waals surface area contributed by atoms with E-state index in [1.54, 1.807) is 0 Å². The SMILES string of the molecule is Cc1cc2cnc3[nH]ccc3c2n1[C@H]1CNCC[C@H]1C. The summed E-state index contributed by atoms with van der Waals surface area (Å²) in [6.45, 7) is 6.77. The first kappa shape index (κ1) is 12.0. The average molecular weight is 268 g/mol. The molecule has 0 radical (unpaired) electrons. The summed E-state index contributed by atoms with van der Waals surface area (Å²) in [7, 11) is 0. The molecule has 4 heterocycles. The van der Waals surface area contributed by atoms with Crippen molar-refractivity contribution in [2.45, 2.75) is 26.3 Å². The Morgan fingerprint density at radius 3 is 3.15 bits per heavy atom. The molecule has 3 aromatic heterocycles. The molecule has 0 bridgehead atoms. The maximum Gasteiger partial charge on any atom is 0.139 e. The third-order valence-corrected chi connectivity index (χ3v) is 4.69. The number of hydrogen-bond acceptors (Lipinski definition) is 2. The van der Waals surface area contributed by atoms with Crippen LogP contribution in [0, 0.1) is 12.8 Å².